The summed E-state index contributed by atoms with van der Waals surface area (Å²) in [6, 6.07) is 11.9. The lowest BCUT2D eigenvalue weighted by Gasteiger charge is -2.17. The number of anilines is 1. The molecule has 0 spiro atoms. The average Bonchev–Trinajstić information content (AvgIpc) is 3.35. The molecule has 0 aliphatic carbocycles. The second-order valence-corrected chi connectivity index (χ2v) is 7.45. The first-order valence-corrected chi connectivity index (χ1v) is 10.6. The summed E-state index contributed by atoms with van der Waals surface area (Å²) < 4.78 is 25.0. The van der Waals surface area contributed by atoms with Crippen LogP contribution in [0.2, 0.25) is 0 Å². The Morgan fingerprint density at radius 3 is 2.68 bits per heavy atom. The van der Waals surface area contributed by atoms with Crippen molar-refractivity contribution in [2.45, 2.75) is 20.3 Å². The molecule has 0 unspecified atom stereocenters. The van der Waals surface area contributed by atoms with E-state index in [1.54, 1.807) is 6.07 Å². The molecule has 0 radical (unpaired) electrons. The van der Waals surface area contributed by atoms with E-state index in [1.807, 2.05) is 24.3 Å². The minimum Gasteiger partial charge on any atom is -0.492 e. The van der Waals surface area contributed by atoms with Crippen LogP contribution in [0.4, 0.5) is 15.8 Å². The third-order valence-electron chi connectivity index (χ3n) is 5.48. The molecule has 7 heteroatoms. The summed E-state index contributed by atoms with van der Waals surface area (Å²) in [5.74, 6) is 0.717. The molecule has 2 aromatic rings. The maximum absolute atomic E-state index is 13.4. The maximum atomic E-state index is 13.4. The SMILES string of the molecule is CCN(CC)CCOc1ccc(N=C2COC(=C3C(=O)Nc4cc(F)ccc43)C2)cc1. The maximum Gasteiger partial charge on any atom is 0.259 e. The van der Waals surface area contributed by atoms with Crippen molar-refractivity contribution in [1.82, 2.24) is 4.90 Å². The monoisotopic (exact) mass is 423 g/mol. The quantitative estimate of drug-likeness (QED) is 0.671. The van der Waals surface area contributed by atoms with Gasteiger partial charge in [-0.25, -0.2) is 4.39 Å². The van der Waals surface area contributed by atoms with Crippen molar-refractivity contribution in [3.8, 4) is 5.75 Å². The molecule has 2 aromatic carbocycles. The normalized spacial score (nSPS) is 19.0. The van der Waals surface area contributed by atoms with E-state index in [4.69, 9.17) is 9.47 Å². The van der Waals surface area contributed by atoms with Gasteiger partial charge in [0.1, 0.15) is 30.5 Å². The molecular formula is C24H26FN3O3. The van der Waals surface area contributed by atoms with Crippen molar-refractivity contribution >= 4 is 28.6 Å². The highest BCUT2D eigenvalue weighted by Crippen LogP contribution is 2.37. The highest BCUT2D eigenvalue weighted by molar-refractivity contribution is 6.32. The van der Waals surface area contributed by atoms with Crippen LogP contribution in [0.1, 0.15) is 25.8 Å². The molecule has 2 aliphatic heterocycles. The third-order valence-corrected chi connectivity index (χ3v) is 5.48. The Labute approximate surface area is 181 Å². The van der Waals surface area contributed by atoms with Gasteiger partial charge in [0.15, 0.2) is 0 Å². The molecule has 0 aromatic heterocycles. The summed E-state index contributed by atoms with van der Waals surface area (Å²) in [5.41, 5.74) is 3.23. The summed E-state index contributed by atoms with van der Waals surface area (Å²) in [5, 5.41) is 2.69. The van der Waals surface area contributed by atoms with Crippen LogP contribution in [0.15, 0.2) is 53.2 Å². The number of nitrogens with one attached hydrogen (secondary N) is 1. The van der Waals surface area contributed by atoms with Crippen LogP contribution in [0.5, 0.6) is 5.75 Å². The molecular weight excluding hydrogens is 397 g/mol. The second kappa shape index (κ2) is 9.31. The second-order valence-electron chi connectivity index (χ2n) is 7.45. The highest BCUT2D eigenvalue weighted by atomic mass is 19.1. The predicted molar refractivity (Wildman–Crippen MR) is 119 cm³/mol. The lowest BCUT2D eigenvalue weighted by Crippen LogP contribution is -2.27. The molecule has 1 N–H and O–H groups in total. The van der Waals surface area contributed by atoms with E-state index in [1.165, 1.54) is 12.1 Å². The highest BCUT2D eigenvalue weighted by Gasteiger charge is 2.31. The summed E-state index contributed by atoms with van der Waals surface area (Å²) in [6.45, 7) is 8.18. The number of carbonyl (C=O) groups is 1. The zero-order valence-corrected chi connectivity index (χ0v) is 17.8. The lowest BCUT2D eigenvalue weighted by molar-refractivity contribution is -0.110. The van der Waals surface area contributed by atoms with Crippen LogP contribution in [0, 0.1) is 5.82 Å². The summed E-state index contributed by atoms with van der Waals surface area (Å²) >= 11 is 0. The molecule has 2 aliphatic rings. The standard InChI is InChI=1S/C24H26FN3O3/c1-3-28(4-2)11-12-30-19-8-6-17(7-9-19)26-18-14-22(31-15-18)23-20-10-5-16(25)13-21(20)27-24(23)29/h5-10,13H,3-4,11-12,14-15H2,1-2H3,(H,27,29). The minimum atomic E-state index is -0.389. The predicted octanol–water partition coefficient (Wildman–Crippen LogP) is 4.40. The largest absolute Gasteiger partial charge is 0.492 e. The Morgan fingerprint density at radius 1 is 1.16 bits per heavy atom. The molecule has 2 heterocycles. The molecule has 1 saturated heterocycles. The first-order valence-electron chi connectivity index (χ1n) is 10.6. The number of rotatable bonds is 7. The molecule has 0 atom stereocenters. The molecule has 1 fully saturated rings. The number of ether oxygens (including phenoxy) is 2. The van der Waals surface area contributed by atoms with E-state index in [9.17, 15) is 9.18 Å². The summed E-state index contributed by atoms with van der Waals surface area (Å²) in [7, 11) is 0. The Bertz CT molecular complexity index is 1030. The number of hydrogen-bond donors (Lipinski definition) is 1. The van der Waals surface area contributed by atoms with E-state index in [2.05, 4.69) is 29.1 Å². The van der Waals surface area contributed by atoms with Gasteiger partial charge in [-0.2, -0.15) is 0 Å². The molecule has 6 nitrogen and oxygen atoms in total. The number of aliphatic imine (C=N–C) groups is 1. The van der Waals surface area contributed by atoms with Gasteiger partial charge in [0.25, 0.3) is 5.91 Å². The van der Waals surface area contributed by atoms with Crippen LogP contribution < -0.4 is 10.1 Å². The van der Waals surface area contributed by atoms with Crippen LogP contribution >= 0.6 is 0 Å². The van der Waals surface area contributed by atoms with Gasteiger partial charge in [-0.1, -0.05) is 13.8 Å². The van der Waals surface area contributed by atoms with Crippen molar-refractivity contribution in [3.63, 3.8) is 0 Å². The minimum absolute atomic E-state index is 0.275. The number of carbonyl (C=O) groups excluding carboxylic acids is 1. The number of likely N-dealkylation sites (N-methyl/N-ethyl adjacent to an activating group) is 1. The van der Waals surface area contributed by atoms with Crippen molar-refractivity contribution < 1.29 is 18.7 Å². The van der Waals surface area contributed by atoms with Gasteiger partial charge in [0.05, 0.1) is 22.7 Å². The van der Waals surface area contributed by atoms with E-state index >= 15 is 0 Å². The van der Waals surface area contributed by atoms with Crippen LogP contribution in [0.25, 0.3) is 5.57 Å². The molecule has 31 heavy (non-hydrogen) atoms. The van der Waals surface area contributed by atoms with Crippen LogP contribution in [0.3, 0.4) is 0 Å². The molecule has 4 rings (SSSR count). The average molecular weight is 423 g/mol. The zero-order valence-electron chi connectivity index (χ0n) is 17.8. The molecule has 0 saturated carbocycles. The van der Waals surface area contributed by atoms with Crippen LogP contribution in [-0.4, -0.2) is 49.4 Å². The van der Waals surface area contributed by atoms with Crippen LogP contribution in [-0.2, 0) is 9.53 Å². The smallest absolute Gasteiger partial charge is 0.259 e. The van der Waals surface area contributed by atoms with Gasteiger partial charge in [-0.05, 0) is 55.6 Å². The zero-order chi connectivity index (χ0) is 21.8. The fourth-order valence-electron chi connectivity index (χ4n) is 3.74. The third kappa shape index (κ3) is 4.77. The van der Waals surface area contributed by atoms with Gasteiger partial charge in [0.2, 0.25) is 0 Å². The van der Waals surface area contributed by atoms with Crippen molar-refractivity contribution in [2.24, 2.45) is 4.99 Å². The molecule has 162 valence electrons. The fraction of sp³-hybridized carbons (Fsp3) is 0.333. The number of allylic oxidation sites excluding steroid dienone is 1. The number of halogens is 1. The van der Waals surface area contributed by atoms with Gasteiger partial charge >= 0.3 is 0 Å². The summed E-state index contributed by atoms with van der Waals surface area (Å²) in [6.07, 6.45) is 0.446. The number of fused-ring (bicyclic) bond motifs is 1. The van der Waals surface area contributed by atoms with Crippen molar-refractivity contribution in [3.05, 3.63) is 59.6 Å². The Hall–Kier alpha value is -3.19. The number of amides is 1. The van der Waals surface area contributed by atoms with Gasteiger partial charge in [-0.3, -0.25) is 9.79 Å². The van der Waals surface area contributed by atoms with E-state index in [0.29, 0.717) is 42.2 Å². The van der Waals surface area contributed by atoms with E-state index in [0.717, 1.165) is 36.8 Å². The Morgan fingerprint density at radius 2 is 1.94 bits per heavy atom. The van der Waals surface area contributed by atoms with Gasteiger partial charge in [-0.15, -0.1) is 0 Å². The van der Waals surface area contributed by atoms with Gasteiger partial charge in [0, 0.05) is 18.5 Å². The lowest BCUT2D eigenvalue weighted by atomic mass is 10.0. The van der Waals surface area contributed by atoms with Crippen molar-refractivity contribution in [1.29, 1.82) is 0 Å². The first-order chi connectivity index (χ1) is 15.1. The summed E-state index contributed by atoms with van der Waals surface area (Å²) in [4.78, 5) is 19.3. The van der Waals surface area contributed by atoms with E-state index < -0.39 is 0 Å². The molecule has 1 amide bonds. The molecule has 0 bridgehead atoms. The Balaban J connectivity index is 1.41. The number of hydrogen-bond acceptors (Lipinski definition) is 5. The van der Waals surface area contributed by atoms with Gasteiger partial charge < -0.3 is 19.7 Å². The number of benzene rings is 2. The fourth-order valence-corrected chi connectivity index (χ4v) is 3.74. The number of nitrogens with zero attached hydrogens (tertiary/aromatic N) is 2. The van der Waals surface area contributed by atoms with E-state index in [-0.39, 0.29) is 11.7 Å². The Kier molecular flexibility index (Phi) is 6.32. The van der Waals surface area contributed by atoms with Crippen molar-refractivity contribution in [2.75, 3.05) is 38.2 Å². The topological polar surface area (TPSA) is 63.2 Å². The first kappa shape index (κ1) is 21.1.